The quantitative estimate of drug-likeness (QED) is 0.0326. The Labute approximate surface area is 350 Å². The van der Waals surface area contributed by atoms with Crippen molar-refractivity contribution in [3.8, 4) is 11.5 Å². The number of anilines is 6. The van der Waals surface area contributed by atoms with Crippen LogP contribution < -0.4 is 29.9 Å². The van der Waals surface area contributed by atoms with Gasteiger partial charge in [-0.25, -0.2) is 8.78 Å². The van der Waals surface area contributed by atoms with E-state index in [9.17, 15) is 26.9 Å². The minimum absolute atomic E-state index is 0.0578. The molecule has 0 saturated heterocycles. The van der Waals surface area contributed by atoms with Gasteiger partial charge in [-0.05, 0) is 82.3 Å². The Morgan fingerprint density at radius 3 is 1.63 bits per heavy atom. The number of nitrogens with zero attached hydrogens (tertiary/aromatic N) is 9. The van der Waals surface area contributed by atoms with Crippen molar-refractivity contribution in [3.63, 3.8) is 0 Å². The third-order valence-corrected chi connectivity index (χ3v) is 10.5. The molecule has 318 valence electrons. The number of thioether (sulfide) groups is 1. The van der Waals surface area contributed by atoms with Crippen LogP contribution in [-0.4, -0.2) is 85.8 Å². The monoisotopic (exact) mass is 865 g/mol. The molecule has 0 radical (unpaired) electrons. The number of ether oxygens (including phenoxy) is 2. The molecule has 0 spiro atoms. The van der Waals surface area contributed by atoms with Crippen LogP contribution in [-0.2, 0) is 10.1 Å². The molecule has 0 bridgehead atoms. The van der Waals surface area contributed by atoms with Crippen LogP contribution in [0.15, 0.2) is 97.2 Å². The highest BCUT2D eigenvalue weighted by Crippen LogP contribution is 2.42. The SMILES string of the molecule is CCN(CC)c1cc(Nc2nc(Nc3cc(N(CC)CC)c(OC)cc3/N=N/c3ccc(F)c(S(=O)(=O)O)c3)nc(SCCO)n2)c(/N=N/c2ccc(F)cc2)cc1OC. The summed E-state index contributed by atoms with van der Waals surface area (Å²) in [6.07, 6.45) is 0. The maximum Gasteiger partial charge on any atom is 0.297 e. The second-order valence-electron chi connectivity index (χ2n) is 12.5. The van der Waals surface area contributed by atoms with Crippen molar-refractivity contribution in [3.05, 3.63) is 78.4 Å². The van der Waals surface area contributed by atoms with E-state index < -0.39 is 26.6 Å². The fourth-order valence-electron chi connectivity index (χ4n) is 5.82. The van der Waals surface area contributed by atoms with Gasteiger partial charge in [0.25, 0.3) is 10.1 Å². The van der Waals surface area contributed by atoms with Crippen LogP contribution in [0, 0.1) is 11.6 Å². The van der Waals surface area contributed by atoms with Crippen LogP contribution in [0.5, 0.6) is 11.5 Å². The first kappa shape index (κ1) is 45.1. The van der Waals surface area contributed by atoms with E-state index in [1.807, 2.05) is 38.7 Å². The minimum Gasteiger partial charge on any atom is -0.494 e. The Balaban J connectivity index is 1.64. The van der Waals surface area contributed by atoms with E-state index >= 15 is 0 Å². The molecule has 0 amide bonds. The minimum atomic E-state index is -4.88. The number of azo groups is 2. The molecule has 60 heavy (non-hydrogen) atoms. The Bertz CT molecular complexity index is 2440. The van der Waals surface area contributed by atoms with Gasteiger partial charge >= 0.3 is 0 Å². The summed E-state index contributed by atoms with van der Waals surface area (Å²) in [6, 6.07) is 15.4. The Morgan fingerprint density at radius 2 is 1.18 bits per heavy atom. The van der Waals surface area contributed by atoms with Crippen molar-refractivity contribution in [2.45, 2.75) is 37.7 Å². The highest BCUT2D eigenvalue weighted by Gasteiger charge is 2.20. The van der Waals surface area contributed by atoms with Crippen LogP contribution in [0.2, 0.25) is 0 Å². The molecule has 1 heterocycles. The first-order valence-corrected chi connectivity index (χ1v) is 21.1. The maximum atomic E-state index is 14.3. The molecule has 0 saturated carbocycles. The topological polar surface area (TPSA) is 212 Å². The first-order valence-electron chi connectivity index (χ1n) is 18.7. The van der Waals surface area contributed by atoms with Crippen LogP contribution >= 0.6 is 11.8 Å². The van der Waals surface area contributed by atoms with E-state index in [0.29, 0.717) is 66.1 Å². The van der Waals surface area contributed by atoms with Crippen molar-refractivity contribution in [1.82, 2.24) is 15.0 Å². The molecular formula is C39H45F2N11O6S2. The lowest BCUT2D eigenvalue weighted by molar-refractivity contribution is 0.322. The predicted octanol–water partition coefficient (Wildman–Crippen LogP) is 9.51. The Kier molecular flexibility index (Phi) is 15.6. The van der Waals surface area contributed by atoms with Gasteiger partial charge < -0.3 is 35.0 Å². The van der Waals surface area contributed by atoms with Crippen LogP contribution in [0.4, 0.5) is 66.2 Å². The van der Waals surface area contributed by atoms with Gasteiger partial charge in [-0.2, -0.15) is 33.6 Å². The zero-order valence-corrected chi connectivity index (χ0v) is 35.4. The molecule has 1 aromatic heterocycles. The highest BCUT2D eigenvalue weighted by molar-refractivity contribution is 7.99. The van der Waals surface area contributed by atoms with Gasteiger partial charge in [0.1, 0.15) is 39.4 Å². The Hall–Kier alpha value is -6.03. The molecule has 0 fully saturated rings. The number of rotatable bonds is 20. The lowest BCUT2D eigenvalue weighted by Crippen LogP contribution is -2.22. The molecule has 0 aliphatic heterocycles. The largest absolute Gasteiger partial charge is 0.494 e. The van der Waals surface area contributed by atoms with Gasteiger partial charge in [0.15, 0.2) is 5.16 Å². The van der Waals surface area contributed by atoms with Crippen LogP contribution in [0.25, 0.3) is 0 Å². The molecule has 5 aromatic rings. The average Bonchev–Trinajstić information content (AvgIpc) is 3.23. The molecule has 0 unspecified atom stereocenters. The molecule has 4 aromatic carbocycles. The fourth-order valence-corrected chi connectivity index (χ4v) is 6.98. The number of aliphatic hydroxyl groups excluding tert-OH is 1. The number of methoxy groups -OCH3 is 2. The number of hydrogen-bond acceptors (Lipinski definition) is 17. The standard InChI is InChI=1S/C39H45F2N11O6S2/c1-7-51(8-2)32-20-28(30(22-34(32)57-5)49-47-25-13-11-24(40)12-14-25)42-37-44-38(46-39(45-37)59-18-17-53)43-29-21-33(52(9-3)10-4)35(58-6)23-31(29)50-48-26-15-16-27(41)36(19-26)60(54,55)56/h11-16,19-23,53H,7-10,17-18H2,1-6H3,(H,54,55,56)(H2,42,43,44,45,46)/b49-47+,50-48+. The summed E-state index contributed by atoms with van der Waals surface area (Å²) in [4.78, 5) is 17.1. The maximum absolute atomic E-state index is 14.3. The zero-order valence-electron chi connectivity index (χ0n) is 33.7. The molecule has 17 nitrogen and oxygen atoms in total. The van der Waals surface area contributed by atoms with Gasteiger partial charge in [-0.15, -0.1) is 10.2 Å². The van der Waals surface area contributed by atoms with E-state index in [4.69, 9.17) is 14.5 Å². The van der Waals surface area contributed by atoms with Gasteiger partial charge in [-0.3, -0.25) is 4.55 Å². The van der Waals surface area contributed by atoms with Crippen molar-refractivity contribution in [2.75, 3.05) is 73.2 Å². The van der Waals surface area contributed by atoms with Gasteiger partial charge in [0, 0.05) is 44.1 Å². The average molecular weight is 866 g/mol. The predicted molar refractivity (Wildman–Crippen MR) is 228 cm³/mol. The van der Waals surface area contributed by atoms with Crippen molar-refractivity contribution in [2.24, 2.45) is 20.5 Å². The van der Waals surface area contributed by atoms with Crippen molar-refractivity contribution >= 4 is 79.3 Å². The van der Waals surface area contributed by atoms with Gasteiger partial charge in [0.2, 0.25) is 11.9 Å². The van der Waals surface area contributed by atoms with Gasteiger partial charge in [0.05, 0.1) is 55.0 Å². The molecule has 0 aliphatic carbocycles. The smallest absolute Gasteiger partial charge is 0.297 e. The summed E-state index contributed by atoms with van der Waals surface area (Å²) in [5.41, 5.74) is 3.15. The van der Waals surface area contributed by atoms with Crippen molar-refractivity contribution in [1.29, 1.82) is 0 Å². The number of benzene rings is 4. The van der Waals surface area contributed by atoms with Crippen molar-refractivity contribution < 1.29 is 36.3 Å². The zero-order chi connectivity index (χ0) is 43.4. The van der Waals surface area contributed by atoms with E-state index in [1.54, 1.807) is 25.3 Å². The molecule has 5 rings (SSSR count). The molecule has 4 N–H and O–H groups in total. The number of nitrogens with one attached hydrogen (secondary N) is 2. The molecule has 0 aliphatic rings. The lowest BCUT2D eigenvalue weighted by Gasteiger charge is -2.25. The fraction of sp³-hybridized carbons (Fsp3) is 0.308. The third-order valence-electron chi connectivity index (χ3n) is 8.80. The third kappa shape index (κ3) is 11.4. The number of hydrogen-bond donors (Lipinski definition) is 4. The molecule has 0 atom stereocenters. The molecule has 21 heteroatoms. The summed E-state index contributed by atoms with van der Waals surface area (Å²) < 4.78 is 72.5. The van der Waals surface area contributed by atoms with E-state index in [1.165, 1.54) is 49.2 Å². The summed E-state index contributed by atoms with van der Waals surface area (Å²) in [6.45, 7) is 10.4. The van der Waals surface area contributed by atoms with Crippen LogP contribution in [0.3, 0.4) is 0 Å². The normalized spacial score (nSPS) is 11.6. The second-order valence-corrected chi connectivity index (χ2v) is 14.9. The van der Waals surface area contributed by atoms with E-state index in [-0.39, 0.29) is 40.8 Å². The lowest BCUT2D eigenvalue weighted by atomic mass is 10.2. The van der Waals surface area contributed by atoms with E-state index in [0.717, 1.165) is 17.8 Å². The summed E-state index contributed by atoms with van der Waals surface area (Å²) in [5.74, 6) is -0.166. The number of halogens is 2. The van der Waals surface area contributed by atoms with Gasteiger partial charge in [-0.1, -0.05) is 11.8 Å². The van der Waals surface area contributed by atoms with E-state index in [2.05, 4.69) is 46.0 Å². The second kappa shape index (κ2) is 20.8. The summed E-state index contributed by atoms with van der Waals surface area (Å²) >= 11 is 1.18. The van der Waals surface area contributed by atoms with Crippen LogP contribution in [0.1, 0.15) is 27.7 Å². The summed E-state index contributed by atoms with van der Waals surface area (Å²) in [7, 11) is -1.83. The summed E-state index contributed by atoms with van der Waals surface area (Å²) in [5, 5.41) is 33.7. The molecular weight excluding hydrogens is 821 g/mol. The number of aliphatic hydroxyl groups is 1. The highest BCUT2D eigenvalue weighted by atomic mass is 32.2. The number of aromatic nitrogens is 3. The first-order chi connectivity index (χ1) is 28.8. The Morgan fingerprint density at radius 1 is 0.700 bits per heavy atom.